The molecule has 22 heavy (non-hydrogen) atoms. The quantitative estimate of drug-likeness (QED) is 0.787. The molecule has 3 heteroatoms. The molecule has 2 atom stereocenters. The second-order valence-corrected chi connectivity index (χ2v) is 13.1. The molecular weight excluding hydrogens is 288 g/mol. The van der Waals surface area contributed by atoms with Crippen molar-refractivity contribution in [3.8, 4) is 0 Å². The summed E-state index contributed by atoms with van der Waals surface area (Å²) in [7, 11) is -1.67. The Kier molecular flexibility index (Phi) is 5.52. The zero-order valence-corrected chi connectivity index (χ0v) is 15.9. The summed E-state index contributed by atoms with van der Waals surface area (Å²) < 4.78 is 6.41. The summed E-state index contributed by atoms with van der Waals surface area (Å²) in [4.78, 5) is 0. The molecule has 0 aliphatic heterocycles. The van der Waals surface area contributed by atoms with Crippen LogP contribution in [0, 0.1) is 5.92 Å². The maximum atomic E-state index is 10.4. The van der Waals surface area contributed by atoms with Gasteiger partial charge in [0, 0.05) is 6.61 Å². The molecule has 1 aromatic carbocycles. The van der Waals surface area contributed by atoms with Gasteiger partial charge < -0.3 is 9.53 Å². The third kappa shape index (κ3) is 4.21. The first-order valence-electron chi connectivity index (χ1n) is 8.60. The molecule has 2 nitrogen and oxygen atoms in total. The van der Waals surface area contributed by atoms with Crippen LogP contribution in [0.4, 0.5) is 0 Å². The monoisotopic (exact) mass is 320 g/mol. The van der Waals surface area contributed by atoms with Gasteiger partial charge in [-0.25, -0.2) is 0 Å². The molecule has 124 valence electrons. The van der Waals surface area contributed by atoms with Crippen molar-refractivity contribution in [3.05, 3.63) is 35.4 Å². The summed E-state index contributed by atoms with van der Waals surface area (Å²) in [5, 5.41) is 10.7. The van der Waals surface area contributed by atoms with Crippen molar-refractivity contribution < 1.29 is 9.53 Å². The molecule has 0 saturated carbocycles. The summed E-state index contributed by atoms with van der Waals surface area (Å²) in [6.45, 7) is 12.4. The number of aliphatic hydroxyl groups is 1. The van der Waals surface area contributed by atoms with Crippen LogP contribution in [-0.4, -0.2) is 20.0 Å². The smallest absolute Gasteiger partial charge is 0.191 e. The molecule has 1 aliphatic carbocycles. The Morgan fingerprint density at radius 1 is 1.14 bits per heavy atom. The van der Waals surface area contributed by atoms with E-state index in [2.05, 4.69) is 52.1 Å². The van der Waals surface area contributed by atoms with E-state index in [4.69, 9.17) is 4.43 Å². The summed E-state index contributed by atoms with van der Waals surface area (Å²) in [6.07, 6.45) is 3.82. The van der Waals surface area contributed by atoms with Gasteiger partial charge in [-0.2, -0.15) is 0 Å². The van der Waals surface area contributed by atoms with Gasteiger partial charge in [-0.3, -0.25) is 0 Å². The maximum absolute atomic E-state index is 10.4. The average Bonchev–Trinajstić information content (AvgIpc) is 2.43. The molecule has 0 bridgehead atoms. The molecule has 0 unspecified atom stereocenters. The van der Waals surface area contributed by atoms with E-state index in [1.165, 1.54) is 12.0 Å². The number of aryl methyl sites for hydroxylation is 1. The molecule has 1 N–H and O–H groups in total. The number of fused-ring (bicyclic) bond motifs is 1. The minimum absolute atomic E-state index is 0.265. The summed E-state index contributed by atoms with van der Waals surface area (Å²) in [5.41, 5.74) is 2.44. The van der Waals surface area contributed by atoms with E-state index in [0.717, 1.165) is 31.4 Å². The van der Waals surface area contributed by atoms with Gasteiger partial charge in [0.15, 0.2) is 8.32 Å². The number of benzene rings is 1. The van der Waals surface area contributed by atoms with Crippen molar-refractivity contribution in [3.63, 3.8) is 0 Å². The Morgan fingerprint density at radius 2 is 1.82 bits per heavy atom. The zero-order valence-electron chi connectivity index (χ0n) is 14.9. The number of aliphatic hydroxyl groups excluding tert-OH is 1. The van der Waals surface area contributed by atoms with Crippen molar-refractivity contribution in [1.29, 1.82) is 0 Å². The van der Waals surface area contributed by atoms with Crippen molar-refractivity contribution in [2.24, 2.45) is 5.92 Å². The van der Waals surface area contributed by atoms with Crippen LogP contribution in [0.3, 0.4) is 0 Å². The number of rotatable bonds is 3. The molecule has 1 aromatic rings. The molecule has 0 spiro atoms. The molecule has 0 heterocycles. The van der Waals surface area contributed by atoms with Crippen molar-refractivity contribution in [2.75, 3.05) is 6.61 Å². The molecule has 0 aromatic heterocycles. The van der Waals surface area contributed by atoms with Crippen molar-refractivity contribution in [1.82, 2.24) is 0 Å². The molecule has 2 rings (SSSR count). The van der Waals surface area contributed by atoms with Crippen LogP contribution < -0.4 is 0 Å². The molecule has 0 saturated heterocycles. The van der Waals surface area contributed by atoms with E-state index in [1.807, 2.05) is 6.07 Å². The third-order valence-electron chi connectivity index (χ3n) is 5.57. The Labute approximate surface area is 137 Å². The third-order valence-corrected chi connectivity index (χ3v) is 10.1. The Hall–Kier alpha value is -0.643. The highest BCUT2D eigenvalue weighted by Crippen LogP contribution is 2.38. The SMILES string of the molecule is CC(C)(C)[Si](C)(C)OC[C@H]1CCc2ccccc2[C@H](O)CC1. The van der Waals surface area contributed by atoms with Crippen LogP contribution in [0.15, 0.2) is 24.3 Å². The van der Waals surface area contributed by atoms with Crippen molar-refractivity contribution in [2.45, 2.75) is 70.7 Å². The lowest BCUT2D eigenvalue weighted by Crippen LogP contribution is -2.42. The van der Waals surface area contributed by atoms with Gasteiger partial charge in [0.1, 0.15) is 0 Å². The van der Waals surface area contributed by atoms with E-state index in [0.29, 0.717) is 5.92 Å². The number of hydrogen-bond donors (Lipinski definition) is 1. The first kappa shape index (κ1) is 17.7. The molecule has 1 aliphatic rings. The fraction of sp³-hybridized carbons (Fsp3) is 0.684. The van der Waals surface area contributed by atoms with E-state index in [1.54, 1.807) is 0 Å². The molecule has 0 fully saturated rings. The summed E-state index contributed by atoms with van der Waals surface area (Å²) in [5.74, 6) is 0.567. The van der Waals surface area contributed by atoms with Gasteiger partial charge in [0.2, 0.25) is 0 Å². The van der Waals surface area contributed by atoms with Crippen LogP contribution in [0.2, 0.25) is 18.1 Å². The van der Waals surface area contributed by atoms with Crippen LogP contribution in [0.1, 0.15) is 57.3 Å². The van der Waals surface area contributed by atoms with Crippen LogP contribution in [0.5, 0.6) is 0 Å². The molecule has 0 amide bonds. The predicted octanol–water partition coefficient (Wildman–Crippen LogP) is 5.08. The van der Waals surface area contributed by atoms with Gasteiger partial charge in [-0.15, -0.1) is 0 Å². The second kappa shape index (κ2) is 6.86. The lowest BCUT2D eigenvalue weighted by atomic mass is 9.86. The fourth-order valence-corrected chi connectivity index (χ4v) is 3.93. The van der Waals surface area contributed by atoms with Crippen LogP contribution >= 0.6 is 0 Å². The highest BCUT2D eigenvalue weighted by molar-refractivity contribution is 6.74. The highest BCUT2D eigenvalue weighted by atomic mass is 28.4. The van der Waals surface area contributed by atoms with Gasteiger partial charge in [0.25, 0.3) is 0 Å². The normalized spacial score (nSPS) is 23.5. The van der Waals surface area contributed by atoms with E-state index in [-0.39, 0.29) is 11.1 Å². The largest absolute Gasteiger partial charge is 0.417 e. The first-order valence-corrected chi connectivity index (χ1v) is 11.5. The van der Waals surface area contributed by atoms with Gasteiger partial charge in [-0.1, -0.05) is 45.0 Å². The lowest BCUT2D eigenvalue weighted by Gasteiger charge is -2.37. The van der Waals surface area contributed by atoms with E-state index >= 15 is 0 Å². The van der Waals surface area contributed by atoms with Crippen LogP contribution in [-0.2, 0) is 10.8 Å². The molecule has 0 radical (unpaired) electrons. The fourth-order valence-electron chi connectivity index (χ4n) is 2.85. The van der Waals surface area contributed by atoms with Gasteiger partial charge >= 0.3 is 0 Å². The van der Waals surface area contributed by atoms with E-state index in [9.17, 15) is 5.11 Å². The topological polar surface area (TPSA) is 29.5 Å². The highest BCUT2D eigenvalue weighted by Gasteiger charge is 2.37. The van der Waals surface area contributed by atoms with Gasteiger partial charge in [-0.05, 0) is 60.9 Å². The predicted molar refractivity (Wildman–Crippen MR) is 95.6 cm³/mol. The van der Waals surface area contributed by atoms with E-state index < -0.39 is 8.32 Å². The minimum Gasteiger partial charge on any atom is -0.417 e. The lowest BCUT2D eigenvalue weighted by molar-refractivity contribution is 0.135. The van der Waals surface area contributed by atoms with Gasteiger partial charge in [0.05, 0.1) is 6.10 Å². The number of hydrogen-bond acceptors (Lipinski definition) is 2. The second-order valence-electron chi connectivity index (χ2n) is 8.27. The zero-order chi connectivity index (χ0) is 16.4. The Bertz CT molecular complexity index is 490. The summed E-state index contributed by atoms with van der Waals surface area (Å²) in [6, 6.07) is 8.35. The first-order chi connectivity index (χ1) is 10.2. The van der Waals surface area contributed by atoms with Crippen molar-refractivity contribution >= 4 is 8.32 Å². The molecular formula is C19H32O2Si. The van der Waals surface area contributed by atoms with Crippen LogP contribution in [0.25, 0.3) is 0 Å². The summed E-state index contributed by atoms with van der Waals surface area (Å²) >= 11 is 0. The maximum Gasteiger partial charge on any atom is 0.191 e. The Balaban J connectivity index is 1.99. The minimum atomic E-state index is -1.67. The Morgan fingerprint density at radius 3 is 2.50 bits per heavy atom. The standard InChI is InChI=1S/C19H32O2Si/c1-19(2,3)22(4,5)21-14-15-10-12-16-8-6-7-9-17(16)18(20)13-11-15/h6-9,15,18,20H,10-14H2,1-5H3/t15-,18+/m0/s1. The average molecular weight is 321 g/mol.